The Kier molecular flexibility index (Phi) is 5.46. The van der Waals surface area contributed by atoms with E-state index in [1.807, 2.05) is 17.9 Å². The maximum Gasteiger partial charge on any atom is 0.242 e. The SMILES string of the molecule is CCCOc1ccc2c(c1)CCN(C(=O)C(C)(N)CCC)C2. The summed E-state index contributed by atoms with van der Waals surface area (Å²) in [5.74, 6) is 0.987. The highest BCUT2D eigenvalue weighted by Gasteiger charge is 2.33. The third-order valence-corrected chi connectivity index (χ3v) is 4.21. The van der Waals surface area contributed by atoms with Crippen molar-refractivity contribution >= 4 is 5.91 Å². The molecular weight excluding hydrogens is 276 g/mol. The third kappa shape index (κ3) is 3.80. The summed E-state index contributed by atoms with van der Waals surface area (Å²) in [6.07, 6.45) is 3.51. The minimum atomic E-state index is -0.754. The normalized spacial score (nSPS) is 16.8. The van der Waals surface area contributed by atoms with Crippen molar-refractivity contribution in [1.29, 1.82) is 0 Å². The number of carbonyl (C=O) groups excluding carboxylic acids is 1. The van der Waals surface area contributed by atoms with Crippen LogP contribution in [0.2, 0.25) is 0 Å². The minimum Gasteiger partial charge on any atom is -0.494 e. The van der Waals surface area contributed by atoms with E-state index in [0.717, 1.165) is 44.6 Å². The Morgan fingerprint density at radius 3 is 2.77 bits per heavy atom. The first kappa shape index (κ1) is 16.8. The molecule has 2 N–H and O–H groups in total. The Bertz CT molecular complexity index is 526. The van der Waals surface area contributed by atoms with Gasteiger partial charge in [0.25, 0.3) is 0 Å². The number of benzene rings is 1. The molecule has 22 heavy (non-hydrogen) atoms. The van der Waals surface area contributed by atoms with Crippen LogP contribution in [0.25, 0.3) is 0 Å². The largest absolute Gasteiger partial charge is 0.494 e. The molecule has 1 heterocycles. The van der Waals surface area contributed by atoms with Gasteiger partial charge in [-0.05, 0) is 49.4 Å². The second-order valence-corrected chi connectivity index (χ2v) is 6.42. The fourth-order valence-electron chi connectivity index (χ4n) is 3.00. The van der Waals surface area contributed by atoms with Gasteiger partial charge in [-0.3, -0.25) is 4.79 Å². The summed E-state index contributed by atoms with van der Waals surface area (Å²) < 4.78 is 5.68. The summed E-state index contributed by atoms with van der Waals surface area (Å²) in [7, 11) is 0. The molecule has 2 rings (SSSR count). The van der Waals surface area contributed by atoms with Crippen LogP contribution in [0.5, 0.6) is 5.75 Å². The number of carbonyl (C=O) groups is 1. The van der Waals surface area contributed by atoms with Gasteiger partial charge in [0, 0.05) is 13.1 Å². The smallest absolute Gasteiger partial charge is 0.242 e. The summed E-state index contributed by atoms with van der Waals surface area (Å²) in [5.41, 5.74) is 7.92. The van der Waals surface area contributed by atoms with Crippen LogP contribution in [0, 0.1) is 0 Å². The van der Waals surface area contributed by atoms with Crippen molar-refractivity contribution in [2.75, 3.05) is 13.2 Å². The first-order chi connectivity index (χ1) is 10.5. The molecule has 1 unspecified atom stereocenters. The molecule has 0 aromatic heterocycles. The molecule has 1 aromatic carbocycles. The van der Waals surface area contributed by atoms with Crippen molar-refractivity contribution in [3.8, 4) is 5.75 Å². The lowest BCUT2D eigenvalue weighted by Gasteiger charge is -2.35. The number of amides is 1. The van der Waals surface area contributed by atoms with E-state index in [-0.39, 0.29) is 5.91 Å². The van der Waals surface area contributed by atoms with Gasteiger partial charge in [-0.1, -0.05) is 26.3 Å². The van der Waals surface area contributed by atoms with Gasteiger partial charge in [0.1, 0.15) is 5.75 Å². The molecule has 4 nitrogen and oxygen atoms in total. The number of nitrogens with zero attached hydrogens (tertiary/aromatic N) is 1. The highest BCUT2D eigenvalue weighted by molar-refractivity contribution is 5.85. The van der Waals surface area contributed by atoms with Gasteiger partial charge in [0.05, 0.1) is 12.1 Å². The van der Waals surface area contributed by atoms with E-state index in [2.05, 4.69) is 26.0 Å². The monoisotopic (exact) mass is 304 g/mol. The first-order valence-corrected chi connectivity index (χ1v) is 8.30. The fourth-order valence-corrected chi connectivity index (χ4v) is 3.00. The Morgan fingerprint density at radius 1 is 1.32 bits per heavy atom. The second-order valence-electron chi connectivity index (χ2n) is 6.42. The summed E-state index contributed by atoms with van der Waals surface area (Å²) in [6.45, 7) is 8.13. The van der Waals surface area contributed by atoms with Gasteiger partial charge in [-0.15, -0.1) is 0 Å². The van der Waals surface area contributed by atoms with Crippen molar-refractivity contribution in [2.45, 2.75) is 58.5 Å². The summed E-state index contributed by atoms with van der Waals surface area (Å²) in [6, 6.07) is 6.18. The Labute approximate surface area is 133 Å². The summed E-state index contributed by atoms with van der Waals surface area (Å²) >= 11 is 0. The predicted molar refractivity (Wildman–Crippen MR) is 88.8 cm³/mol. The number of nitrogens with two attached hydrogens (primary N) is 1. The van der Waals surface area contributed by atoms with E-state index < -0.39 is 5.54 Å². The topological polar surface area (TPSA) is 55.6 Å². The lowest BCUT2D eigenvalue weighted by atomic mass is 9.93. The lowest BCUT2D eigenvalue weighted by molar-refractivity contribution is -0.137. The molecule has 1 aromatic rings. The average molecular weight is 304 g/mol. The molecule has 0 aliphatic carbocycles. The average Bonchev–Trinajstić information content (AvgIpc) is 2.51. The standard InChI is InChI=1S/C18H28N2O2/c1-4-9-18(3,19)17(21)20-10-8-14-12-16(22-11-5-2)7-6-15(14)13-20/h6-7,12H,4-5,8-11,13,19H2,1-3H3. The maximum atomic E-state index is 12.6. The van der Waals surface area contributed by atoms with E-state index in [4.69, 9.17) is 10.5 Å². The first-order valence-electron chi connectivity index (χ1n) is 8.30. The van der Waals surface area contributed by atoms with Crippen molar-refractivity contribution in [2.24, 2.45) is 5.73 Å². The predicted octanol–water partition coefficient (Wildman–Crippen LogP) is 2.88. The van der Waals surface area contributed by atoms with Gasteiger partial charge in [0.15, 0.2) is 0 Å². The van der Waals surface area contributed by atoms with Crippen LogP contribution in [-0.2, 0) is 17.8 Å². The molecule has 0 saturated heterocycles. The molecule has 1 atom stereocenters. The highest BCUT2D eigenvalue weighted by atomic mass is 16.5. The molecular formula is C18H28N2O2. The molecule has 4 heteroatoms. The van der Waals surface area contributed by atoms with Crippen LogP contribution in [-0.4, -0.2) is 29.5 Å². The third-order valence-electron chi connectivity index (χ3n) is 4.21. The molecule has 1 aliphatic heterocycles. The van der Waals surface area contributed by atoms with Crippen LogP contribution < -0.4 is 10.5 Å². The maximum absolute atomic E-state index is 12.6. The molecule has 1 amide bonds. The lowest BCUT2D eigenvalue weighted by Crippen LogP contribution is -2.54. The quantitative estimate of drug-likeness (QED) is 0.879. The van der Waals surface area contributed by atoms with Crippen molar-refractivity contribution in [3.63, 3.8) is 0 Å². The van der Waals surface area contributed by atoms with Gasteiger partial charge in [-0.2, -0.15) is 0 Å². The zero-order chi connectivity index (χ0) is 16.2. The Hall–Kier alpha value is -1.55. The van der Waals surface area contributed by atoms with Crippen LogP contribution in [0.15, 0.2) is 18.2 Å². The molecule has 1 aliphatic rings. The highest BCUT2D eigenvalue weighted by Crippen LogP contribution is 2.26. The van der Waals surface area contributed by atoms with Crippen LogP contribution >= 0.6 is 0 Å². The summed E-state index contributed by atoms with van der Waals surface area (Å²) in [4.78, 5) is 14.5. The molecule has 0 bridgehead atoms. The van der Waals surface area contributed by atoms with Crippen molar-refractivity contribution in [3.05, 3.63) is 29.3 Å². The zero-order valence-corrected chi connectivity index (χ0v) is 14.0. The minimum absolute atomic E-state index is 0.0614. The zero-order valence-electron chi connectivity index (χ0n) is 14.0. The van der Waals surface area contributed by atoms with Crippen LogP contribution in [0.4, 0.5) is 0 Å². The van der Waals surface area contributed by atoms with E-state index in [9.17, 15) is 4.79 Å². The number of ether oxygens (including phenoxy) is 1. The van der Waals surface area contributed by atoms with E-state index >= 15 is 0 Å². The molecule has 122 valence electrons. The number of rotatable bonds is 6. The number of hydrogen-bond acceptors (Lipinski definition) is 3. The van der Waals surface area contributed by atoms with E-state index in [1.54, 1.807) is 0 Å². The van der Waals surface area contributed by atoms with Crippen LogP contribution in [0.1, 0.15) is 51.2 Å². The van der Waals surface area contributed by atoms with E-state index in [1.165, 1.54) is 11.1 Å². The van der Waals surface area contributed by atoms with Gasteiger partial charge < -0.3 is 15.4 Å². The van der Waals surface area contributed by atoms with Crippen molar-refractivity contribution in [1.82, 2.24) is 4.90 Å². The Morgan fingerprint density at radius 2 is 2.09 bits per heavy atom. The molecule has 0 fully saturated rings. The van der Waals surface area contributed by atoms with Crippen LogP contribution in [0.3, 0.4) is 0 Å². The molecule has 0 spiro atoms. The van der Waals surface area contributed by atoms with Gasteiger partial charge in [0.2, 0.25) is 5.91 Å². The van der Waals surface area contributed by atoms with Crippen molar-refractivity contribution < 1.29 is 9.53 Å². The van der Waals surface area contributed by atoms with E-state index in [0.29, 0.717) is 6.54 Å². The number of fused-ring (bicyclic) bond motifs is 1. The van der Waals surface area contributed by atoms with Gasteiger partial charge in [-0.25, -0.2) is 0 Å². The molecule has 0 radical (unpaired) electrons. The molecule has 0 saturated carbocycles. The summed E-state index contributed by atoms with van der Waals surface area (Å²) in [5, 5.41) is 0. The van der Waals surface area contributed by atoms with Gasteiger partial charge >= 0.3 is 0 Å². The Balaban J connectivity index is 2.07. The fraction of sp³-hybridized carbons (Fsp3) is 0.611. The number of hydrogen-bond donors (Lipinski definition) is 1. The second kappa shape index (κ2) is 7.14.